The fraction of sp³-hybridized carbons (Fsp3) is 0.381. The molecular formula is C21H25N3O5. The lowest BCUT2D eigenvalue weighted by Crippen LogP contribution is -2.28. The van der Waals surface area contributed by atoms with E-state index in [2.05, 4.69) is 10.6 Å². The Morgan fingerprint density at radius 2 is 1.90 bits per heavy atom. The number of nitro benzene ring substituents is 1. The van der Waals surface area contributed by atoms with Crippen LogP contribution in [0.1, 0.15) is 36.0 Å². The summed E-state index contributed by atoms with van der Waals surface area (Å²) in [6.45, 7) is 0.671. The minimum absolute atomic E-state index is 0.00131. The molecule has 1 aliphatic carbocycles. The topological polar surface area (TPSA) is 103 Å². The van der Waals surface area contributed by atoms with Crippen molar-refractivity contribution in [2.24, 2.45) is 0 Å². The molecule has 3 rings (SSSR count). The van der Waals surface area contributed by atoms with Crippen LogP contribution in [0, 0.1) is 10.1 Å². The minimum Gasteiger partial charge on any atom is -0.493 e. The smallest absolute Gasteiger partial charge is 0.292 e. The van der Waals surface area contributed by atoms with Crippen molar-refractivity contribution in [3.8, 4) is 11.5 Å². The first-order valence-electron chi connectivity index (χ1n) is 9.68. The van der Waals surface area contributed by atoms with Gasteiger partial charge < -0.3 is 20.1 Å². The van der Waals surface area contributed by atoms with E-state index in [9.17, 15) is 14.9 Å². The molecule has 0 heterocycles. The van der Waals surface area contributed by atoms with E-state index >= 15 is 0 Å². The first kappa shape index (κ1) is 20.4. The van der Waals surface area contributed by atoms with Gasteiger partial charge in [0.25, 0.3) is 11.6 Å². The molecule has 154 valence electrons. The van der Waals surface area contributed by atoms with Crippen LogP contribution >= 0.6 is 0 Å². The number of nitrogens with one attached hydrogen (secondary N) is 2. The molecule has 0 radical (unpaired) electrons. The average Bonchev–Trinajstić information content (AvgIpc) is 3.24. The summed E-state index contributed by atoms with van der Waals surface area (Å²) < 4.78 is 11.4. The Morgan fingerprint density at radius 1 is 1.14 bits per heavy atom. The second kappa shape index (κ2) is 9.77. The maximum atomic E-state index is 12.4. The summed E-state index contributed by atoms with van der Waals surface area (Å²) in [6.07, 6.45) is 4.63. The third-order valence-electron chi connectivity index (χ3n) is 4.85. The normalized spacial score (nSPS) is 13.7. The number of nitrogens with zero attached hydrogens (tertiary/aromatic N) is 1. The zero-order chi connectivity index (χ0) is 20.6. The Kier molecular flexibility index (Phi) is 6.89. The molecule has 2 aromatic rings. The number of methoxy groups -OCH3 is 1. The van der Waals surface area contributed by atoms with Crippen LogP contribution in [0.5, 0.6) is 11.5 Å². The Morgan fingerprint density at radius 3 is 2.62 bits per heavy atom. The van der Waals surface area contributed by atoms with Gasteiger partial charge in [0.1, 0.15) is 5.69 Å². The summed E-state index contributed by atoms with van der Waals surface area (Å²) in [5.74, 6) is 0.927. The molecule has 2 N–H and O–H groups in total. The van der Waals surface area contributed by atoms with Crippen molar-refractivity contribution in [2.45, 2.75) is 31.8 Å². The van der Waals surface area contributed by atoms with E-state index in [-0.39, 0.29) is 17.7 Å². The van der Waals surface area contributed by atoms with E-state index in [0.29, 0.717) is 35.8 Å². The van der Waals surface area contributed by atoms with Crippen molar-refractivity contribution in [2.75, 3.05) is 25.5 Å². The standard InChI is InChI=1S/C21H25N3O5/c1-28-20-14-15(10-11-19(20)29-16-6-2-3-7-16)21(25)23-13-12-22-17-8-4-5-9-18(17)24(26)27/h4-5,8-11,14,16,22H,2-3,6-7,12-13H2,1H3,(H,23,25). The summed E-state index contributed by atoms with van der Waals surface area (Å²) in [5.41, 5.74) is 0.884. The van der Waals surface area contributed by atoms with Crippen LogP contribution < -0.4 is 20.1 Å². The highest BCUT2D eigenvalue weighted by atomic mass is 16.6. The number of amides is 1. The Bertz CT molecular complexity index is 865. The zero-order valence-corrected chi connectivity index (χ0v) is 16.3. The first-order chi connectivity index (χ1) is 14.1. The molecule has 2 aromatic carbocycles. The first-order valence-corrected chi connectivity index (χ1v) is 9.68. The molecule has 29 heavy (non-hydrogen) atoms. The van der Waals surface area contributed by atoms with E-state index in [1.54, 1.807) is 43.5 Å². The fourth-order valence-electron chi connectivity index (χ4n) is 3.35. The minimum atomic E-state index is -0.442. The maximum Gasteiger partial charge on any atom is 0.292 e. The Labute approximate surface area is 169 Å². The number of hydrogen-bond acceptors (Lipinski definition) is 6. The quantitative estimate of drug-likeness (QED) is 0.378. The molecule has 1 saturated carbocycles. The third kappa shape index (κ3) is 5.37. The number of anilines is 1. The zero-order valence-electron chi connectivity index (χ0n) is 16.3. The highest BCUT2D eigenvalue weighted by Gasteiger charge is 2.19. The summed E-state index contributed by atoms with van der Waals surface area (Å²) in [6, 6.07) is 11.5. The molecule has 1 fully saturated rings. The van der Waals surface area contributed by atoms with Crippen LogP contribution in [-0.4, -0.2) is 37.1 Å². The summed E-state index contributed by atoms with van der Waals surface area (Å²) >= 11 is 0. The molecule has 0 saturated heterocycles. The van der Waals surface area contributed by atoms with Gasteiger partial charge in [-0.05, 0) is 49.9 Å². The van der Waals surface area contributed by atoms with E-state index < -0.39 is 4.92 Å². The van der Waals surface area contributed by atoms with Crippen molar-refractivity contribution < 1.29 is 19.2 Å². The van der Waals surface area contributed by atoms with Crippen LogP contribution in [0.15, 0.2) is 42.5 Å². The van der Waals surface area contributed by atoms with Crippen molar-refractivity contribution in [3.63, 3.8) is 0 Å². The van der Waals surface area contributed by atoms with Crippen molar-refractivity contribution in [1.82, 2.24) is 5.32 Å². The lowest BCUT2D eigenvalue weighted by atomic mass is 10.2. The van der Waals surface area contributed by atoms with Crippen LogP contribution in [0.2, 0.25) is 0 Å². The number of nitro groups is 1. The molecule has 0 atom stereocenters. The van der Waals surface area contributed by atoms with Gasteiger partial charge in [0, 0.05) is 24.7 Å². The van der Waals surface area contributed by atoms with Crippen LogP contribution in [0.3, 0.4) is 0 Å². The number of para-hydroxylation sites is 2. The lowest BCUT2D eigenvalue weighted by molar-refractivity contribution is -0.384. The number of carbonyl (C=O) groups excluding carboxylic acids is 1. The largest absolute Gasteiger partial charge is 0.493 e. The molecular weight excluding hydrogens is 374 g/mol. The highest BCUT2D eigenvalue weighted by molar-refractivity contribution is 5.94. The van der Waals surface area contributed by atoms with Gasteiger partial charge in [-0.1, -0.05) is 12.1 Å². The molecule has 0 bridgehead atoms. The molecule has 8 heteroatoms. The predicted molar refractivity (Wildman–Crippen MR) is 110 cm³/mol. The molecule has 0 spiro atoms. The number of ether oxygens (including phenoxy) is 2. The molecule has 0 aliphatic heterocycles. The van der Waals surface area contributed by atoms with E-state index in [1.807, 2.05) is 0 Å². The number of hydrogen-bond donors (Lipinski definition) is 2. The highest BCUT2D eigenvalue weighted by Crippen LogP contribution is 2.32. The maximum absolute atomic E-state index is 12.4. The predicted octanol–water partition coefficient (Wildman–Crippen LogP) is 3.77. The third-order valence-corrected chi connectivity index (χ3v) is 4.85. The van der Waals surface area contributed by atoms with Crippen LogP contribution in [0.25, 0.3) is 0 Å². The second-order valence-corrected chi connectivity index (χ2v) is 6.85. The van der Waals surface area contributed by atoms with Gasteiger partial charge in [0.15, 0.2) is 11.5 Å². The molecule has 1 aliphatic rings. The van der Waals surface area contributed by atoms with Gasteiger partial charge in [0.2, 0.25) is 0 Å². The van der Waals surface area contributed by atoms with Gasteiger partial charge in [-0.15, -0.1) is 0 Å². The lowest BCUT2D eigenvalue weighted by Gasteiger charge is -2.16. The van der Waals surface area contributed by atoms with Crippen LogP contribution in [-0.2, 0) is 0 Å². The monoisotopic (exact) mass is 399 g/mol. The molecule has 0 aromatic heterocycles. The van der Waals surface area contributed by atoms with Crippen molar-refractivity contribution in [3.05, 3.63) is 58.1 Å². The van der Waals surface area contributed by atoms with Crippen molar-refractivity contribution in [1.29, 1.82) is 0 Å². The van der Waals surface area contributed by atoms with Crippen LogP contribution in [0.4, 0.5) is 11.4 Å². The van der Waals surface area contributed by atoms with Gasteiger partial charge in [-0.3, -0.25) is 14.9 Å². The summed E-state index contributed by atoms with van der Waals surface area (Å²) in [5, 5.41) is 16.8. The van der Waals surface area contributed by atoms with E-state index in [0.717, 1.165) is 12.8 Å². The molecule has 8 nitrogen and oxygen atoms in total. The average molecular weight is 399 g/mol. The van der Waals surface area contributed by atoms with Gasteiger partial charge in [0.05, 0.1) is 18.1 Å². The van der Waals surface area contributed by atoms with Crippen molar-refractivity contribution >= 4 is 17.3 Å². The van der Waals surface area contributed by atoms with Gasteiger partial charge in [-0.25, -0.2) is 0 Å². The Balaban J connectivity index is 1.53. The van der Waals surface area contributed by atoms with Gasteiger partial charge >= 0.3 is 0 Å². The van der Waals surface area contributed by atoms with Gasteiger partial charge in [-0.2, -0.15) is 0 Å². The SMILES string of the molecule is COc1cc(C(=O)NCCNc2ccccc2[N+](=O)[O-])ccc1OC1CCCC1. The fourth-order valence-corrected chi connectivity index (χ4v) is 3.35. The van der Waals surface area contributed by atoms with E-state index in [1.165, 1.54) is 18.9 Å². The van der Waals surface area contributed by atoms with E-state index in [4.69, 9.17) is 9.47 Å². The summed E-state index contributed by atoms with van der Waals surface area (Å²) in [4.78, 5) is 23.0. The Hall–Kier alpha value is -3.29. The second-order valence-electron chi connectivity index (χ2n) is 6.85. The summed E-state index contributed by atoms with van der Waals surface area (Å²) in [7, 11) is 1.55. The number of carbonyl (C=O) groups is 1. The molecule has 0 unspecified atom stereocenters. The number of benzene rings is 2. The number of rotatable bonds is 9. The molecule has 1 amide bonds.